The number of hydrogen-bond acceptors (Lipinski definition) is 2. The molecule has 2 aliphatic rings. The third-order valence-corrected chi connectivity index (χ3v) is 5.49. The van der Waals surface area contributed by atoms with Crippen molar-refractivity contribution in [1.82, 2.24) is 9.88 Å². The standard InChI is InChI=1S/C21H24N2/c1-2-8-19(9-3-1)20-15-18(16-22-17-20)7-4-10-21-11-5-13-23(21)14-6-12-21/h1-4,7-9,15-17H,5-6,10-14H2. The van der Waals surface area contributed by atoms with Crippen LogP contribution in [0.25, 0.3) is 17.2 Å². The van der Waals surface area contributed by atoms with Gasteiger partial charge in [-0.2, -0.15) is 0 Å². The maximum absolute atomic E-state index is 4.41. The van der Waals surface area contributed by atoms with Crippen LogP contribution >= 0.6 is 0 Å². The summed E-state index contributed by atoms with van der Waals surface area (Å²) in [5.41, 5.74) is 4.09. The largest absolute Gasteiger partial charge is 0.297 e. The molecule has 0 unspecified atom stereocenters. The lowest BCUT2D eigenvalue weighted by molar-refractivity contribution is 0.198. The molecule has 0 spiro atoms. The summed E-state index contributed by atoms with van der Waals surface area (Å²) >= 11 is 0. The van der Waals surface area contributed by atoms with E-state index in [0.717, 1.165) is 0 Å². The van der Waals surface area contributed by atoms with Crippen molar-refractivity contribution in [1.29, 1.82) is 0 Å². The van der Waals surface area contributed by atoms with Crippen molar-refractivity contribution in [2.45, 2.75) is 37.6 Å². The van der Waals surface area contributed by atoms with Gasteiger partial charge in [-0.15, -0.1) is 0 Å². The molecule has 2 saturated heterocycles. The third-order valence-electron chi connectivity index (χ3n) is 5.49. The maximum Gasteiger partial charge on any atom is 0.0346 e. The molecule has 0 atom stereocenters. The van der Waals surface area contributed by atoms with Crippen LogP contribution in [0.2, 0.25) is 0 Å². The van der Waals surface area contributed by atoms with E-state index in [2.05, 4.69) is 58.4 Å². The molecule has 0 saturated carbocycles. The summed E-state index contributed by atoms with van der Waals surface area (Å²) in [6, 6.07) is 12.7. The van der Waals surface area contributed by atoms with Crippen LogP contribution in [0.4, 0.5) is 0 Å². The molecule has 23 heavy (non-hydrogen) atoms. The molecular formula is C21H24N2. The van der Waals surface area contributed by atoms with Gasteiger partial charge in [-0.1, -0.05) is 42.5 Å². The number of aromatic nitrogens is 1. The van der Waals surface area contributed by atoms with Crippen LogP contribution in [0.5, 0.6) is 0 Å². The Morgan fingerprint density at radius 1 is 1.00 bits per heavy atom. The normalized spacial score (nSPS) is 20.2. The SMILES string of the molecule is C(=Cc1cncc(-c2ccccc2)c1)CC12CCCN1CCC2. The van der Waals surface area contributed by atoms with E-state index in [1.54, 1.807) is 0 Å². The second kappa shape index (κ2) is 6.29. The summed E-state index contributed by atoms with van der Waals surface area (Å²) in [7, 11) is 0. The first kappa shape index (κ1) is 14.6. The molecule has 2 nitrogen and oxygen atoms in total. The number of hydrogen-bond donors (Lipinski definition) is 0. The van der Waals surface area contributed by atoms with Crippen molar-refractivity contribution in [2.75, 3.05) is 13.1 Å². The average Bonchev–Trinajstić information content (AvgIpc) is 3.16. The number of benzene rings is 1. The van der Waals surface area contributed by atoms with Crippen LogP contribution in [0.3, 0.4) is 0 Å². The summed E-state index contributed by atoms with van der Waals surface area (Å²) in [6.45, 7) is 2.61. The molecule has 2 fully saturated rings. The van der Waals surface area contributed by atoms with Crippen LogP contribution in [0.1, 0.15) is 37.7 Å². The Morgan fingerprint density at radius 3 is 2.57 bits per heavy atom. The van der Waals surface area contributed by atoms with Crippen molar-refractivity contribution in [3.63, 3.8) is 0 Å². The van der Waals surface area contributed by atoms with Gasteiger partial charge in [0.15, 0.2) is 0 Å². The van der Waals surface area contributed by atoms with E-state index in [-0.39, 0.29) is 0 Å². The van der Waals surface area contributed by atoms with Gasteiger partial charge in [0.1, 0.15) is 0 Å². The highest BCUT2D eigenvalue weighted by Crippen LogP contribution is 2.41. The quantitative estimate of drug-likeness (QED) is 0.808. The molecule has 0 bridgehead atoms. The van der Waals surface area contributed by atoms with Crippen LogP contribution < -0.4 is 0 Å². The van der Waals surface area contributed by atoms with Crippen molar-refractivity contribution in [3.8, 4) is 11.1 Å². The molecule has 118 valence electrons. The molecule has 2 heteroatoms. The molecule has 1 aromatic heterocycles. The lowest BCUT2D eigenvalue weighted by Crippen LogP contribution is -2.37. The van der Waals surface area contributed by atoms with Gasteiger partial charge in [0.2, 0.25) is 0 Å². The average molecular weight is 304 g/mol. The van der Waals surface area contributed by atoms with Gasteiger partial charge in [0, 0.05) is 23.5 Å². The van der Waals surface area contributed by atoms with Crippen molar-refractivity contribution >= 4 is 6.08 Å². The monoisotopic (exact) mass is 304 g/mol. The topological polar surface area (TPSA) is 16.1 Å². The highest BCUT2D eigenvalue weighted by molar-refractivity contribution is 5.65. The first-order valence-corrected chi connectivity index (χ1v) is 8.78. The molecule has 4 rings (SSSR count). The van der Waals surface area contributed by atoms with E-state index in [1.165, 1.54) is 61.9 Å². The zero-order valence-electron chi connectivity index (χ0n) is 13.6. The summed E-state index contributed by atoms with van der Waals surface area (Å²) in [5, 5.41) is 0. The maximum atomic E-state index is 4.41. The van der Waals surface area contributed by atoms with E-state index in [9.17, 15) is 0 Å². The van der Waals surface area contributed by atoms with Gasteiger partial charge in [0.05, 0.1) is 0 Å². The molecule has 0 aliphatic carbocycles. The third kappa shape index (κ3) is 2.96. The van der Waals surface area contributed by atoms with E-state index >= 15 is 0 Å². The zero-order chi connectivity index (χ0) is 15.5. The lowest BCUT2D eigenvalue weighted by Gasteiger charge is -2.30. The van der Waals surface area contributed by atoms with Crippen LogP contribution in [0, 0.1) is 0 Å². The summed E-state index contributed by atoms with van der Waals surface area (Å²) in [4.78, 5) is 7.13. The molecule has 0 amide bonds. The molecule has 0 N–H and O–H groups in total. The molecular weight excluding hydrogens is 280 g/mol. The van der Waals surface area contributed by atoms with E-state index < -0.39 is 0 Å². The number of fused-ring (bicyclic) bond motifs is 1. The smallest absolute Gasteiger partial charge is 0.0346 e. The van der Waals surface area contributed by atoms with Gasteiger partial charge in [-0.25, -0.2) is 0 Å². The first-order valence-electron chi connectivity index (χ1n) is 8.78. The van der Waals surface area contributed by atoms with Gasteiger partial charge in [-0.05, 0) is 62.4 Å². The Labute approximate surface area is 138 Å². The van der Waals surface area contributed by atoms with Gasteiger partial charge in [-0.3, -0.25) is 9.88 Å². The number of nitrogens with zero attached hydrogens (tertiary/aromatic N) is 2. The van der Waals surface area contributed by atoms with E-state index in [1.807, 2.05) is 12.4 Å². The fourth-order valence-electron chi connectivity index (χ4n) is 4.31. The van der Waals surface area contributed by atoms with Crippen molar-refractivity contribution in [2.24, 2.45) is 0 Å². The van der Waals surface area contributed by atoms with E-state index in [4.69, 9.17) is 0 Å². The molecule has 2 aromatic rings. The zero-order valence-corrected chi connectivity index (χ0v) is 13.6. The number of rotatable bonds is 4. The van der Waals surface area contributed by atoms with Crippen molar-refractivity contribution in [3.05, 3.63) is 60.4 Å². The van der Waals surface area contributed by atoms with Gasteiger partial charge >= 0.3 is 0 Å². The van der Waals surface area contributed by atoms with Crippen LogP contribution in [-0.4, -0.2) is 28.5 Å². The minimum atomic E-state index is 0.473. The number of pyridine rings is 1. The Bertz CT molecular complexity index is 680. The fraction of sp³-hybridized carbons (Fsp3) is 0.381. The molecule has 0 radical (unpaired) electrons. The van der Waals surface area contributed by atoms with Crippen LogP contribution in [-0.2, 0) is 0 Å². The molecule has 2 aliphatic heterocycles. The van der Waals surface area contributed by atoms with Gasteiger partial charge < -0.3 is 0 Å². The summed E-state index contributed by atoms with van der Waals surface area (Å²) < 4.78 is 0. The van der Waals surface area contributed by atoms with E-state index in [0.29, 0.717) is 5.54 Å². The second-order valence-electron chi connectivity index (χ2n) is 6.90. The molecule has 1 aromatic carbocycles. The minimum Gasteiger partial charge on any atom is -0.297 e. The Hall–Kier alpha value is -1.93. The Balaban J connectivity index is 1.49. The summed E-state index contributed by atoms with van der Waals surface area (Å²) in [6.07, 6.45) is 15.2. The Morgan fingerprint density at radius 2 is 1.78 bits per heavy atom. The minimum absolute atomic E-state index is 0.473. The lowest BCUT2D eigenvalue weighted by atomic mass is 9.90. The fourth-order valence-corrected chi connectivity index (χ4v) is 4.31. The summed E-state index contributed by atoms with van der Waals surface area (Å²) in [5.74, 6) is 0. The Kier molecular flexibility index (Phi) is 4.00. The second-order valence-corrected chi connectivity index (χ2v) is 6.90. The highest BCUT2D eigenvalue weighted by Gasteiger charge is 2.42. The van der Waals surface area contributed by atoms with Crippen LogP contribution in [0.15, 0.2) is 54.9 Å². The predicted octanol–water partition coefficient (Wildman–Crippen LogP) is 4.78. The predicted molar refractivity (Wildman–Crippen MR) is 96.1 cm³/mol. The first-order chi connectivity index (χ1) is 11.4. The highest BCUT2D eigenvalue weighted by atomic mass is 15.2. The van der Waals surface area contributed by atoms with Crippen molar-refractivity contribution < 1.29 is 0 Å². The molecule has 3 heterocycles. The van der Waals surface area contributed by atoms with Gasteiger partial charge in [0.25, 0.3) is 0 Å².